The van der Waals surface area contributed by atoms with E-state index >= 15 is 0 Å². The molecule has 10 heteroatoms. The van der Waals surface area contributed by atoms with Crippen molar-refractivity contribution in [2.24, 2.45) is 5.41 Å². The third-order valence-electron chi connectivity index (χ3n) is 6.15. The first kappa shape index (κ1) is 22.6. The fourth-order valence-electron chi connectivity index (χ4n) is 4.13. The molecule has 0 spiro atoms. The van der Waals surface area contributed by atoms with Crippen LogP contribution in [0, 0.1) is 12.3 Å². The molecule has 3 N–H and O–H groups in total. The number of H-pyrrole nitrogens is 2. The zero-order valence-corrected chi connectivity index (χ0v) is 20.9. The van der Waals surface area contributed by atoms with Crippen LogP contribution in [-0.2, 0) is 4.79 Å². The summed E-state index contributed by atoms with van der Waals surface area (Å²) in [6.07, 6.45) is 8.88. The summed E-state index contributed by atoms with van der Waals surface area (Å²) in [6, 6.07) is 9.84. The molecule has 0 saturated heterocycles. The van der Waals surface area contributed by atoms with Crippen molar-refractivity contribution in [3.05, 3.63) is 67.1 Å². The number of benzene rings is 1. The summed E-state index contributed by atoms with van der Waals surface area (Å²) in [4.78, 5) is 33.7. The topological polar surface area (TPSA) is 130 Å². The number of hydrogen-bond acceptors (Lipinski definition) is 6. The second-order valence-corrected chi connectivity index (χ2v) is 10.0. The first-order valence-electron chi connectivity index (χ1n) is 11.9. The van der Waals surface area contributed by atoms with Crippen LogP contribution < -0.4 is 5.32 Å². The molecule has 5 heterocycles. The largest absolute Gasteiger partial charge is 0.324 e. The highest BCUT2D eigenvalue weighted by Crippen LogP contribution is 2.32. The van der Waals surface area contributed by atoms with Crippen LogP contribution in [0.1, 0.15) is 26.5 Å². The van der Waals surface area contributed by atoms with Gasteiger partial charge in [0.2, 0.25) is 5.91 Å². The summed E-state index contributed by atoms with van der Waals surface area (Å²) in [5.74, 6) is 0.544. The van der Waals surface area contributed by atoms with Crippen molar-refractivity contribution < 1.29 is 4.79 Å². The first-order valence-corrected chi connectivity index (χ1v) is 11.9. The molecule has 0 unspecified atom stereocenters. The lowest BCUT2D eigenvalue weighted by Gasteiger charge is -2.17. The van der Waals surface area contributed by atoms with Gasteiger partial charge in [0, 0.05) is 35.0 Å². The van der Waals surface area contributed by atoms with E-state index in [0.717, 1.165) is 38.9 Å². The second kappa shape index (κ2) is 8.37. The van der Waals surface area contributed by atoms with Crippen molar-refractivity contribution in [2.45, 2.75) is 27.7 Å². The Morgan fingerprint density at radius 3 is 2.70 bits per heavy atom. The Hall–Kier alpha value is -4.86. The molecule has 10 nitrogen and oxygen atoms in total. The van der Waals surface area contributed by atoms with Crippen molar-refractivity contribution in [1.29, 1.82) is 0 Å². The van der Waals surface area contributed by atoms with E-state index in [9.17, 15) is 4.79 Å². The molecule has 0 aliphatic rings. The number of amides is 1. The maximum atomic E-state index is 12.4. The van der Waals surface area contributed by atoms with Gasteiger partial charge in [0.1, 0.15) is 11.2 Å². The monoisotopic (exact) mass is 491 g/mol. The Morgan fingerprint density at radius 1 is 1.05 bits per heavy atom. The van der Waals surface area contributed by atoms with E-state index in [1.165, 1.54) is 0 Å². The van der Waals surface area contributed by atoms with Gasteiger partial charge in [-0.25, -0.2) is 15.0 Å². The number of hydrogen-bond donors (Lipinski definition) is 3. The van der Waals surface area contributed by atoms with Crippen molar-refractivity contribution in [3.63, 3.8) is 0 Å². The SMILES string of the molecule is Cc1cn(-c2ccnc3[nH]c(-c4n[nH]c5ccc(-c6cncc(NC(=O)C(C)(C)C)c6)cc45)nc23)cn1. The van der Waals surface area contributed by atoms with Crippen molar-refractivity contribution >= 4 is 33.7 Å². The Bertz CT molecular complexity index is 1780. The highest BCUT2D eigenvalue weighted by molar-refractivity contribution is 5.97. The smallest absolute Gasteiger partial charge is 0.229 e. The van der Waals surface area contributed by atoms with E-state index in [4.69, 9.17) is 4.98 Å². The molecule has 0 bridgehead atoms. The van der Waals surface area contributed by atoms with E-state index < -0.39 is 5.41 Å². The van der Waals surface area contributed by atoms with Gasteiger partial charge in [0.15, 0.2) is 11.5 Å². The summed E-state index contributed by atoms with van der Waals surface area (Å²) in [5, 5.41) is 11.5. The molecule has 5 aromatic heterocycles. The lowest BCUT2D eigenvalue weighted by Crippen LogP contribution is -2.27. The highest BCUT2D eigenvalue weighted by Gasteiger charge is 2.21. The molecular formula is C27H25N9O. The number of nitrogens with one attached hydrogen (secondary N) is 3. The summed E-state index contributed by atoms with van der Waals surface area (Å²) in [6.45, 7) is 7.57. The van der Waals surface area contributed by atoms with Gasteiger partial charge < -0.3 is 14.9 Å². The van der Waals surface area contributed by atoms with Crippen molar-refractivity contribution in [3.8, 4) is 28.3 Å². The number of pyridine rings is 2. The Kier molecular flexibility index (Phi) is 5.11. The predicted octanol–water partition coefficient (Wildman–Crippen LogP) is 5.04. The van der Waals surface area contributed by atoms with E-state index in [1.807, 2.05) is 68.8 Å². The first-order chi connectivity index (χ1) is 17.8. The number of carbonyl (C=O) groups excluding carboxylic acids is 1. The standard InChI is InChI=1S/C27H25N9O/c1-15-13-36(14-30-15)21-7-8-29-24-23(21)32-25(33-24)22-19-10-16(5-6-20(19)34-35-22)17-9-18(12-28-11-17)31-26(37)27(2,3)4/h5-14H,1-4H3,(H,31,37)(H,34,35)(H,29,32,33). The summed E-state index contributed by atoms with van der Waals surface area (Å²) < 4.78 is 1.93. The highest BCUT2D eigenvalue weighted by atomic mass is 16.2. The number of carbonyl (C=O) groups is 1. The number of fused-ring (bicyclic) bond motifs is 2. The van der Waals surface area contributed by atoms with Crippen molar-refractivity contribution in [2.75, 3.05) is 5.32 Å². The van der Waals surface area contributed by atoms with Crippen molar-refractivity contribution in [1.82, 2.24) is 39.7 Å². The molecule has 0 radical (unpaired) electrons. The minimum atomic E-state index is -0.501. The van der Waals surface area contributed by atoms with Gasteiger partial charge in [0.05, 0.1) is 35.1 Å². The maximum absolute atomic E-state index is 12.4. The Labute approximate surface area is 212 Å². The molecule has 0 atom stereocenters. The minimum absolute atomic E-state index is 0.0669. The normalized spacial score (nSPS) is 11.9. The van der Waals surface area contributed by atoms with Gasteiger partial charge in [0.25, 0.3) is 0 Å². The number of anilines is 1. The van der Waals surface area contributed by atoms with Gasteiger partial charge >= 0.3 is 0 Å². The Morgan fingerprint density at radius 2 is 1.92 bits per heavy atom. The average Bonchev–Trinajstić information content (AvgIpc) is 3.60. The second-order valence-electron chi connectivity index (χ2n) is 10.0. The number of aromatic nitrogens is 8. The van der Waals surface area contributed by atoms with Gasteiger partial charge in [-0.3, -0.25) is 14.9 Å². The summed E-state index contributed by atoms with van der Waals surface area (Å²) in [7, 11) is 0. The average molecular weight is 492 g/mol. The minimum Gasteiger partial charge on any atom is -0.324 e. The van der Waals surface area contributed by atoms with Crippen LogP contribution >= 0.6 is 0 Å². The predicted molar refractivity (Wildman–Crippen MR) is 142 cm³/mol. The van der Waals surface area contributed by atoms with Gasteiger partial charge in [-0.2, -0.15) is 5.10 Å². The zero-order valence-electron chi connectivity index (χ0n) is 20.9. The number of aryl methyl sites for hydroxylation is 1. The van der Waals surface area contributed by atoms with Crippen LogP contribution in [0.25, 0.3) is 50.4 Å². The molecule has 0 saturated carbocycles. The van der Waals surface area contributed by atoms with Crippen LogP contribution in [0.5, 0.6) is 0 Å². The fraction of sp³-hybridized carbons (Fsp3) is 0.185. The molecule has 6 rings (SSSR count). The van der Waals surface area contributed by atoms with Crippen LogP contribution in [0.3, 0.4) is 0 Å². The Balaban J connectivity index is 1.40. The van der Waals surface area contributed by atoms with E-state index in [0.29, 0.717) is 22.9 Å². The number of imidazole rings is 2. The molecule has 37 heavy (non-hydrogen) atoms. The molecule has 1 aromatic carbocycles. The lowest BCUT2D eigenvalue weighted by atomic mass is 9.95. The number of rotatable bonds is 4. The molecule has 0 fully saturated rings. The third kappa shape index (κ3) is 4.12. The van der Waals surface area contributed by atoms with Gasteiger partial charge in [-0.05, 0) is 36.8 Å². The number of aromatic amines is 2. The fourth-order valence-corrected chi connectivity index (χ4v) is 4.13. The molecule has 0 aliphatic heterocycles. The zero-order chi connectivity index (χ0) is 25.7. The van der Waals surface area contributed by atoms with Crippen LogP contribution in [0.4, 0.5) is 5.69 Å². The summed E-state index contributed by atoms with van der Waals surface area (Å²) >= 11 is 0. The lowest BCUT2D eigenvalue weighted by molar-refractivity contribution is -0.123. The molecule has 6 aromatic rings. The van der Waals surface area contributed by atoms with Crippen LogP contribution in [0.2, 0.25) is 0 Å². The summed E-state index contributed by atoms with van der Waals surface area (Å²) in [5.41, 5.74) is 6.73. The molecule has 184 valence electrons. The quantitative estimate of drug-likeness (QED) is 0.317. The van der Waals surface area contributed by atoms with E-state index in [1.54, 1.807) is 24.9 Å². The molecular weight excluding hydrogens is 466 g/mol. The van der Waals surface area contributed by atoms with E-state index in [2.05, 4.69) is 35.5 Å². The molecule has 0 aliphatic carbocycles. The van der Waals surface area contributed by atoms with E-state index in [-0.39, 0.29) is 5.91 Å². The van der Waals surface area contributed by atoms with Gasteiger partial charge in [-0.1, -0.05) is 26.8 Å². The van der Waals surface area contributed by atoms with Gasteiger partial charge in [-0.15, -0.1) is 0 Å². The van der Waals surface area contributed by atoms with Crippen LogP contribution in [0.15, 0.2) is 61.4 Å². The van der Waals surface area contributed by atoms with Crippen LogP contribution in [-0.4, -0.2) is 45.6 Å². The molecule has 1 amide bonds. The number of nitrogens with zero attached hydrogens (tertiary/aromatic N) is 6. The maximum Gasteiger partial charge on any atom is 0.229 e. The third-order valence-corrected chi connectivity index (χ3v) is 6.15.